The first-order valence-electron chi connectivity index (χ1n) is 6.73. The zero-order chi connectivity index (χ0) is 15.1. The zero-order valence-corrected chi connectivity index (χ0v) is 12.3. The normalized spacial score (nSPS) is 11.6. The summed E-state index contributed by atoms with van der Waals surface area (Å²) in [5, 5.41) is 2.88. The molecule has 0 heterocycles. The molecule has 0 saturated carbocycles. The van der Waals surface area contributed by atoms with Gasteiger partial charge in [-0.3, -0.25) is 9.59 Å². The molecule has 4 heteroatoms. The molecule has 0 aliphatic carbocycles. The fourth-order valence-corrected chi connectivity index (χ4v) is 1.86. The van der Waals surface area contributed by atoms with E-state index in [4.69, 9.17) is 0 Å². The monoisotopic (exact) mass is 274 g/mol. The molecule has 0 aliphatic rings. The number of carbonyl (C=O) groups is 2. The molecule has 1 atom stereocenters. The van der Waals surface area contributed by atoms with Gasteiger partial charge in [0.25, 0.3) is 0 Å². The Morgan fingerprint density at radius 1 is 1.35 bits per heavy atom. The second kappa shape index (κ2) is 7.48. The largest absolute Gasteiger partial charge is 0.348 e. The lowest BCUT2D eigenvalue weighted by Gasteiger charge is -2.18. The quantitative estimate of drug-likeness (QED) is 0.807. The molecule has 2 amide bonds. The molecule has 20 heavy (non-hydrogen) atoms. The van der Waals surface area contributed by atoms with Gasteiger partial charge in [0, 0.05) is 7.05 Å². The first-order valence-corrected chi connectivity index (χ1v) is 6.73. The van der Waals surface area contributed by atoms with Crippen molar-refractivity contribution in [1.29, 1.82) is 0 Å². The molecule has 1 rings (SSSR count). The van der Waals surface area contributed by atoms with Crippen LogP contribution in [0.5, 0.6) is 0 Å². The third kappa shape index (κ3) is 4.53. The van der Waals surface area contributed by atoms with Crippen molar-refractivity contribution in [3.05, 3.63) is 48.0 Å². The van der Waals surface area contributed by atoms with E-state index >= 15 is 0 Å². The summed E-state index contributed by atoms with van der Waals surface area (Å²) < 4.78 is 0. The molecule has 0 saturated heterocycles. The number of amides is 2. The number of benzene rings is 1. The second-order valence-corrected chi connectivity index (χ2v) is 4.78. The number of nitrogens with zero attached hydrogens (tertiary/aromatic N) is 1. The Balaban J connectivity index is 2.56. The van der Waals surface area contributed by atoms with Gasteiger partial charge in [-0.2, -0.15) is 0 Å². The molecule has 0 unspecified atom stereocenters. The van der Waals surface area contributed by atoms with E-state index in [-0.39, 0.29) is 24.4 Å². The lowest BCUT2D eigenvalue weighted by molar-refractivity contribution is -0.131. The molecule has 0 bridgehead atoms. The van der Waals surface area contributed by atoms with E-state index in [0.29, 0.717) is 0 Å². The van der Waals surface area contributed by atoms with Crippen molar-refractivity contribution in [2.24, 2.45) is 0 Å². The predicted molar refractivity (Wildman–Crippen MR) is 80.2 cm³/mol. The summed E-state index contributed by atoms with van der Waals surface area (Å²) in [6.45, 7) is 7.45. The first-order chi connectivity index (χ1) is 9.47. The summed E-state index contributed by atoms with van der Waals surface area (Å²) in [7, 11) is 1.57. The molecule has 0 fully saturated rings. The molecule has 4 nitrogen and oxygen atoms in total. The molecule has 108 valence electrons. The van der Waals surface area contributed by atoms with Crippen molar-refractivity contribution < 1.29 is 9.59 Å². The van der Waals surface area contributed by atoms with Crippen LogP contribution in [0.1, 0.15) is 31.0 Å². The van der Waals surface area contributed by atoms with Crippen LogP contribution in [0, 0.1) is 0 Å². The molecule has 1 aromatic carbocycles. The van der Waals surface area contributed by atoms with Crippen LogP contribution < -0.4 is 5.32 Å². The van der Waals surface area contributed by atoms with Gasteiger partial charge >= 0.3 is 0 Å². The summed E-state index contributed by atoms with van der Waals surface area (Å²) in [5.41, 5.74) is 2.32. The Bertz CT molecular complexity index is 480. The second-order valence-electron chi connectivity index (χ2n) is 4.78. The molecule has 1 aromatic rings. The van der Waals surface area contributed by atoms with Gasteiger partial charge in [0.2, 0.25) is 11.8 Å². The fourth-order valence-electron chi connectivity index (χ4n) is 1.86. The van der Waals surface area contributed by atoms with Gasteiger partial charge in [-0.15, -0.1) is 0 Å². The Kier molecular flexibility index (Phi) is 5.97. The van der Waals surface area contributed by atoms with Crippen LogP contribution in [0.4, 0.5) is 0 Å². The Hall–Kier alpha value is -2.10. The van der Waals surface area contributed by atoms with Crippen molar-refractivity contribution in [2.75, 3.05) is 13.6 Å². The molecule has 0 radical (unpaired) electrons. The van der Waals surface area contributed by atoms with Crippen LogP contribution in [0.25, 0.3) is 0 Å². The molecule has 0 aliphatic heterocycles. The lowest BCUT2D eigenvalue weighted by atomic mass is 10.1. The van der Waals surface area contributed by atoms with Gasteiger partial charge in [-0.1, -0.05) is 37.8 Å². The van der Waals surface area contributed by atoms with Gasteiger partial charge in [0.05, 0.1) is 12.6 Å². The number of rotatable bonds is 6. The van der Waals surface area contributed by atoms with Crippen LogP contribution in [-0.2, 0) is 16.0 Å². The van der Waals surface area contributed by atoms with Crippen LogP contribution in [0.3, 0.4) is 0 Å². The third-order valence-electron chi connectivity index (χ3n) is 3.20. The summed E-state index contributed by atoms with van der Waals surface area (Å²) in [6, 6.07) is 8.07. The maximum absolute atomic E-state index is 11.8. The Morgan fingerprint density at radius 2 is 1.95 bits per heavy atom. The fraction of sp³-hybridized carbons (Fsp3) is 0.375. The van der Waals surface area contributed by atoms with Crippen molar-refractivity contribution in [3.8, 4) is 0 Å². The number of carbonyl (C=O) groups excluding carboxylic acids is 2. The van der Waals surface area contributed by atoms with Crippen LogP contribution in [-0.4, -0.2) is 30.3 Å². The van der Waals surface area contributed by atoms with E-state index in [1.54, 1.807) is 7.05 Å². The highest BCUT2D eigenvalue weighted by Crippen LogP contribution is 2.13. The smallest absolute Gasteiger partial charge is 0.246 e. The Morgan fingerprint density at radius 3 is 2.45 bits per heavy atom. The number of likely N-dealkylation sites (N-methyl/N-ethyl adjacent to an activating group) is 1. The molecular weight excluding hydrogens is 252 g/mol. The molecule has 1 N–H and O–H groups in total. The average Bonchev–Trinajstić information content (AvgIpc) is 2.46. The minimum Gasteiger partial charge on any atom is -0.348 e. The highest BCUT2D eigenvalue weighted by atomic mass is 16.2. The molecule has 0 spiro atoms. The number of hydrogen-bond donors (Lipinski definition) is 1. The molecular formula is C16H22N2O2. The lowest BCUT2D eigenvalue weighted by Crippen LogP contribution is -2.38. The van der Waals surface area contributed by atoms with Gasteiger partial charge in [0.15, 0.2) is 0 Å². The van der Waals surface area contributed by atoms with E-state index in [1.165, 1.54) is 16.5 Å². The van der Waals surface area contributed by atoms with E-state index in [9.17, 15) is 9.59 Å². The topological polar surface area (TPSA) is 49.4 Å². The SMILES string of the molecule is C=CC(=O)N(C)CC(=O)N[C@H](C)c1ccc(CC)cc1. The van der Waals surface area contributed by atoms with Gasteiger partial charge in [0.1, 0.15) is 0 Å². The Labute approximate surface area is 120 Å². The van der Waals surface area contributed by atoms with E-state index in [0.717, 1.165) is 12.0 Å². The highest BCUT2D eigenvalue weighted by molar-refractivity contribution is 5.90. The maximum Gasteiger partial charge on any atom is 0.246 e. The van der Waals surface area contributed by atoms with E-state index in [2.05, 4.69) is 31.0 Å². The minimum atomic E-state index is -0.264. The highest BCUT2D eigenvalue weighted by Gasteiger charge is 2.13. The zero-order valence-electron chi connectivity index (χ0n) is 12.3. The van der Waals surface area contributed by atoms with E-state index < -0.39 is 0 Å². The summed E-state index contributed by atoms with van der Waals surface area (Å²) in [4.78, 5) is 24.5. The van der Waals surface area contributed by atoms with Crippen molar-refractivity contribution in [2.45, 2.75) is 26.3 Å². The van der Waals surface area contributed by atoms with Crippen molar-refractivity contribution >= 4 is 11.8 Å². The number of aryl methyl sites for hydroxylation is 1. The van der Waals surface area contributed by atoms with Gasteiger partial charge in [-0.25, -0.2) is 0 Å². The van der Waals surface area contributed by atoms with Crippen LogP contribution >= 0.6 is 0 Å². The van der Waals surface area contributed by atoms with Gasteiger partial charge in [-0.05, 0) is 30.5 Å². The summed E-state index contributed by atoms with van der Waals surface area (Å²) in [6.07, 6.45) is 2.19. The maximum atomic E-state index is 11.8. The van der Waals surface area contributed by atoms with Gasteiger partial charge < -0.3 is 10.2 Å². The molecule has 0 aromatic heterocycles. The standard InChI is InChI=1S/C16H22N2O2/c1-5-13-7-9-14(10-8-13)12(3)17-15(19)11-18(4)16(20)6-2/h6-10,12H,2,5,11H2,1,3-4H3,(H,17,19)/t12-/m1/s1. The minimum absolute atomic E-state index is 0.0300. The van der Waals surface area contributed by atoms with Crippen molar-refractivity contribution in [3.63, 3.8) is 0 Å². The van der Waals surface area contributed by atoms with Crippen LogP contribution in [0.15, 0.2) is 36.9 Å². The van der Waals surface area contributed by atoms with E-state index in [1.807, 2.05) is 19.1 Å². The van der Waals surface area contributed by atoms with Crippen LogP contribution in [0.2, 0.25) is 0 Å². The number of nitrogens with one attached hydrogen (secondary N) is 1. The predicted octanol–water partition coefficient (Wildman–Crippen LogP) is 2.07. The average molecular weight is 274 g/mol. The third-order valence-corrected chi connectivity index (χ3v) is 3.20. The van der Waals surface area contributed by atoms with Crippen molar-refractivity contribution in [1.82, 2.24) is 10.2 Å². The summed E-state index contributed by atoms with van der Waals surface area (Å²) in [5.74, 6) is -0.449. The summed E-state index contributed by atoms with van der Waals surface area (Å²) >= 11 is 0. The number of hydrogen-bond acceptors (Lipinski definition) is 2. The first kappa shape index (κ1) is 16.0.